The van der Waals surface area contributed by atoms with Gasteiger partial charge >= 0.3 is 12.1 Å². The summed E-state index contributed by atoms with van der Waals surface area (Å²) >= 11 is 4.76. The highest BCUT2D eigenvalue weighted by Crippen LogP contribution is 2.34. The molecule has 162 valence electrons. The minimum absolute atomic E-state index is 0.302. The number of hydrogen-bond acceptors (Lipinski definition) is 7. The highest BCUT2D eigenvalue weighted by molar-refractivity contribution is 9.10. The SMILES string of the molecule is CCOC(=O)c1sc(N2CCN(C(=O)OC(C)(C)C)CC2)nc1-c1ccc(Br)cc1. The third kappa shape index (κ3) is 5.51. The van der Waals surface area contributed by atoms with E-state index < -0.39 is 5.60 Å². The summed E-state index contributed by atoms with van der Waals surface area (Å²) in [6, 6.07) is 7.68. The van der Waals surface area contributed by atoms with E-state index >= 15 is 0 Å². The van der Waals surface area contributed by atoms with Crippen molar-refractivity contribution in [1.82, 2.24) is 9.88 Å². The summed E-state index contributed by atoms with van der Waals surface area (Å²) in [4.78, 5) is 33.9. The third-order valence-electron chi connectivity index (χ3n) is 4.40. The second-order valence-electron chi connectivity index (χ2n) is 7.86. The summed E-state index contributed by atoms with van der Waals surface area (Å²) in [5.74, 6) is -0.369. The van der Waals surface area contributed by atoms with E-state index in [-0.39, 0.29) is 12.1 Å². The van der Waals surface area contributed by atoms with Crippen molar-refractivity contribution in [3.8, 4) is 11.3 Å². The number of esters is 1. The number of anilines is 1. The first kappa shape index (κ1) is 22.6. The van der Waals surface area contributed by atoms with Crippen LogP contribution in [-0.4, -0.2) is 60.3 Å². The molecule has 2 aromatic rings. The number of ether oxygens (including phenoxy) is 2. The molecule has 7 nitrogen and oxygen atoms in total. The molecule has 0 N–H and O–H groups in total. The lowest BCUT2D eigenvalue weighted by atomic mass is 10.1. The van der Waals surface area contributed by atoms with Crippen molar-refractivity contribution >= 4 is 44.5 Å². The molecular weight excluding hydrogens is 470 g/mol. The lowest BCUT2D eigenvalue weighted by Gasteiger charge is -2.35. The summed E-state index contributed by atoms with van der Waals surface area (Å²) in [7, 11) is 0. The standard InChI is InChI=1S/C21H26BrN3O4S/c1-5-28-18(26)17-16(14-6-8-15(22)9-7-14)23-19(30-17)24-10-12-25(13-11-24)20(27)29-21(2,3)4/h6-9H,5,10-13H2,1-4H3. The van der Waals surface area contributed by atoms with E-state index in [0.717, 1.165) is 15.2 Å². The van der Waals surface area contributed by atoms with Gasteiger partial charge in [-0.1, -0.05) is 39.4 Å². The van der Waals surface area contributed by atoms with E-state index in [1.165, 1.54) is 11.3 Å². The average Bonchev–Trinajstić information content (AvgIpc) is 3.13. The average molecular weight is 496 g/mol. The van der Waals surface area contributed by atoms with Crippen molar-refractivity contribution in [2.75, 3.05) is 37.7 Å². The van der Waals surface area contributed by atoms with E-state index in [1.807, 2.05) is 45.0 Å². The molecule has 1 saturated heterocycles. The van der Waals surface area contributed by atoms with Crippen molar-refractivity contribution in [1.29, 1.82) is 0 Å². The number of nitrogens with zero attached hydrogens (tertiary/aromatic N) is 3. The van der Waals surface area contributed by atoms with E-state index in [1.54, 1.807) is 11.8 Å². The van der Waals surface area contributed by atoms with Crippen molar-refractivity contribution in [2.45, 2.75) is 33.3 Å². The number of rotatable bonds is 4. The lowest BCUT2D eigenvalue weighted by molar-refractivity contribution is 0.0240. The Labute approximate surface area is 189 Å². The zero-order valence-electron chi connectivity index (χ0n) is 17.6. The molecule has 0 saturated carbocycles. The molecule has 0 radical (unpaired) electrons. The summed E-state index contributed by atoms with van der Waals surface area (Å²) < 4.78 is 11.7. The normalized spacial score (nSPS) is 14.6. The lowest BCUT2D eigenvalue weighted by Crippen LogP contribution is -2.50. The smallest absolute Gasteiger partial charge is 0.410 e. The molecule has 9 heteroatoms. The van der Waals surface area contributed by atoms with Crippen molar-refractivity contribution in [3.63, 3.8) is 0 Å². The molecule has 1 aliphatic rings. The molecule has 0 unspecified atom stereocenters. The Morgan fingerprint density at radius 1 is 1.13 bits per heavy atom. The van der Waals surface area contributed by atoms with Gasteiger partial charge in [-0.05, 0) is 39.8 Å². The van der Waals surface area contributed by atoms with Gasteiger partial charge in [0.2, 0.25) is 0 Å². The number of aromatic nitrogens is 1. The Kier molecular flexibility index (Phi) is 7.02. The van der Waals surface area contributed by atoms with E-state index in [2.05, 4.69) is 20.8 Å². The Bertz CT molecular complexity index is 900. The predicted octanol–water partition coefficient (Wildman–Crippen LogP) is 4.81. The second-order valence-corrected chi connectivity index (χ2v) is 9.75. The molecule has 0 bridgehead atoms. The monoisotopic (exact) mass is 495 g/mol. The van der Waals surface area contributed by atoms with Crippen LogP contribution in [0, 0.1) is 0 Å². The van der Waals surface area contributed by atoms with Gasteiger partial charge in [-0.15, -0.1) is 0 Å². The number of amides is 1. The van der Waals surface area contributed by atoms with Gasteiger partial charge in [0.1, 0.15) is 10.5 Å². The van der Waals surface area contributed by atoms with Gasteiger partial charge in [-0.25, -0.2) is 14.6 Å². The Hall–Kier alpha value is -2.13. The first-order valence-electron chi connectivity index (χ1n) is 9.84. The maximum absolute atomic E-state index is 12.5. The van der Waals surface area contributed by atoms with Crippen LogP contribution in [0.5, 0.6) is 0 Å². The minimum atomic E-state index is -0.516. The number of benzene rings is 1. The van der Waals surface area contributed by atoms with Crippen molar-refractivity contribution in [2.24, 2.45) is 0 Å². The number of thiazole rings is 1. The van der Waals surface area contributed by atoms with E-state index in [0.29, 0.717) is 43.4 Å². The molecule has 1 aromatic heterocycles. The maximum atomic E-state index is 12.5. The van der Waals surface area contributed by atoms with E-state index in [4.69, 9.17) is 14.5 Å². The highest BCUT2D eigenvalue weighted by Gasteiger charge is 2.29. The zero-order chi connectivity index (χ0) is 21.9. The number of halogens is 1. The molecule has 30 heavy (non-hydrogen) atoms. The van der Waals surface area contributed by atoms with Gasteiger partial charge in [-0.3, -0.25) is 0 Å². The predicted molar refractivity (Wildman–Crippen MR) is 121 cm³/mol. The Morgan fingerprint density at radius 3 is 2.33 bits per heavy atom. The van der Waals surface area contributed by atoms with Crippen LogP contribution in [0.1, 0.15) is 37.4 Å². The Balaban J connectivity index is 1.78. The molecule has 1 fully saturated rings. The van der Waals surface area contributed by atoms with Gasteiger partial charge in [0.15, 0.2) is 5.13 Å². The third-order valence-corrected chi connectivity index (χ3v) is 6.02. The van der Waals surface area contributed by atoms with Crippen LogP contribution in [0.4, 0.5) is 9.93 Å². The number of carbonyl (C=O) groups is 2. The summed E-state index contributed by atoms with van der Waals surface area (Å²) in [5.41, 5.74) is 0.962. The fourth-order valence-electron chi connectivity index (χ4n) is 2.99. The van der Waals surface area contributed by atoms with Gasteiger partial charge in [-0.2, -0.15) is 0 Å². The molecule has 2 heterocycles. The number of piperazine rings is 1. The molecular formula is C21H26BrN3O4S. The number of carbonyl (C=O) groups excluding carboxylic acids is 2. The molecule has 0 aliphatic carbocycles. The molecule has 3 rings (SSSR count). The minimum Gasteiger partial charge on any atom is -0.462 e. The van der Waals surface area contributed by atoms with Crippen LogP contribution in [0.3, 0.4) is 0 Å². The van der Waals surface area contributed by atoms with Gasteiger partial charge < -0.3 is 19.3 Å². The molecule has 1 aliphatic heterocycles. The topological polar surface area (TPSA) is 72.0 Å². The van der Waals surface area contributed by atoms with Crippen LogP contribution in [0.25, 0.3) is 11.3 Å². The first-order chi connectivity index (χ1) is 14.2. The molecule has 0 atom stereocenters. The molecule has 1 aromatic carbocycles. The van der Waals surface area contributed by atoms with Gasteiger partial charge in [0, 0.05) is 36.2 Å². The quantitative estimate of drug-likeness (QED) is 0.566. The highest BCUT2D eigenvalue weighted by atomic mass is 79.9. The van der Waals surface area contributed by atoms with Crippen LogP contribution < -0.4 is 4.90 Å². The zero-order valence-corrected chi connectivity index (χ0v) is 20.0. The first-order valence-corrected chi connectivity index (χ1v) is 11.5. The van der Waals surface area contributed by atoms with Gasteiger partial charge in [0.25, 0.3) is 0 Å². The molecule has 1 amide bonds. The fourth-order valence-corrected chi connectivity index (χ4v) is 4.29. The van der Waals surface area contributed by atoms with E-state index in [9.17, 15) is 9.59 Å². The summed E-state index contributed by atoms with van der Waals surface area (Å²) in [5, 5.41) is 0.750. The Morgan fingerprint density at radius 2 is 1.77 bits per heavy atom. The van der Waals surface area contributed by atoms with Crippen LogP contribution in [0.15, 0.2) is 28.7 Å². The number of hydrogen-bond donors (Lipinski definition) is 0. The second kappa shape index (κ2) is 9.34. The summed E-state index contributed by atoms with van der Waals surface area (Å²) in [6.45, 7) is 9.98. The molecule has 0 spiro atoms. The van der Waals surface area contributed by atoms with Crippen LogP contribution in [0.2, 0.25) is 0 Å². The summed E-state index contributed by atoms with van der Waals surface area (Å²) in [6.07, 6.45) is -0.302. The van der Waals surface area contributed by atoms with Crippen LogP contribution in [-0.2, 0) is 9.47 Å². The van der Waals surface area contributed by atoms with Crippen molar-refractivity contribution < 1.29 is 19.1 Å². The van der Waals surface area contributed by atoms with Gasteiger partial charge in [0.05, 0.1) is 12.3 Å². The van der Waals surface area contributed by atoms with Crippen LogP contribution >= 0.6 is 27.3 Å². The van der Waals surface area contributed by atoms with Crippen molar-refractivity contribution in [3.05, 3.63) is 33.6 Å². The maximum Gasteiger partial charge on any atom is 0.410 e. The largest absolute Gasteiger partial charge is 0.462 e. The fraction of sp³-hybridized carbons (Fsp3) is 0.476.